The maximum Gasteiger partial charge on any atom is 0.253 e. The molecule has 0 spiro atoms. The molecule has 1 unspecified atom stereocenters. The molecule has 0 bridgehead atoms. The van der Waals surface area contributed by atoms with Gasteiger partial charge in [-0.15, -0.1) is 12.4 Å². The molecule has 0 fully saturated rings. The van der Waals surface area contributed by atoms with Gasteiger partial charge in [0.2, 0.25) is 0 Å². The van der Waals surface area contributed by atoms with Crippen LogP contribution in [0, 0.1) is 0 Å². The maximum absolute atomic E-state index is 12.8. The Morgan fingerprint density at radius 1 is 1.03 bits per heavy atom. The van der Waals surface area contributed by atoms with Gasteiger partial charge in [-0.25, -0.2) is 0 Å². The van der Waals surface area contributed by atoms with Crippen molar-refractivity contribution in [1.82, 2.24) is 15.5 Å². The average Bonchev–Trinajstić information content (AvgIpc) is 2.77. The summed E-state index contributed by atoms with van der Waals surface area (Å²) < 4.78 is 0. The molecule has 0 aliphatic carbocycles. The van der Waals surface area contributed by atoms with Crippen LogP contribution < -0.4 is 10.6 Å². The fraction of sp³-hybridized carbons (Fsp3) is 0.417. The van der Waals surface area contributed by atoms with Gasteiger partial charge in [0.1, 0.15) is 0 Å². The lowest BCUT2D eigenvalue weighted by molar-refractivity contribution is 0.0755. The second-order valence-electron chi connectivity index (χ2n) is 7.54. The molecular formula is C24H32ClN3O2. The molecular weight excluding hydrogens is 398 g/mol. The fourth-order valence-corrected chi connectivity index (χ4v) is 3.90. The Morgan fingerprint density at radius 2 is 1.73 bits per heavy atom. The van der Waals surface area contributed by atoms with E-state index in [4.69, 9.17) is 0 Å². The number of benzene rings is 2. The highest BCUT2D eigenvalue weighted by Gasteiger charge is 2.20. The minimum atomic E-state index is -0.151. The van der Waals surface area contributed by atoms with E-state index in [0.29, 0.717) is 17.7 Å². The molecule has 162 valence electrons. The highest BCUT2D eigenvalue weighted by atomic mass is 35.5. The molecule has 2 amide bonds. The van der Waals surface area contributed by atoms with E-state index in [-0.39, 0.29) is 30.3 Å². The zero-order chi connectivity index (χ0) is 20.6. The van der Waals surface area contributed by atoms with E-state index in [1.165, 1.54) is 11.1 Å². The van der Waals surface area contributed by atoms with Crippen molar-refractivity contribution in [3.8, 4) is 0 Å². The number of nitrogens with zero attached hydrogens (tertiary/aromatic N) is 1. The monoisotopic (exact) mass is 429 g/mol. The second-order valence-corrected chi connectivity index (χ2v) is 7.54. The first-order valence-corrected chi connectivity index (χ1v) is 10.6. The van der Waals surface area contributed by atoms with Gasteiger partial charge in [-0.3, -0.25) is 9.59 Å². The van der Waals surface area contributed by atoms with Gasteiger partial charge in [0.25, 0.3) is 11.8 Å². The molecule has 2 aromatic rings. The minimum Gasteiger partial charge on any atom is -0.350 e. The molecule has 2 aromatic carbocycles. The largest absolute Gasteiger partial charge is 0.350 e. The van der Waals surface area contributed by atoms with Crippen LogP contribution >= 0.6 is 12.4 Å². The average molecular weight is 430 g/mol. The Labute approximate surface area is 185 Å². The molecule has 1 heterocycles. The fourth-order valence-electron chi connectivity index (χ4n) is 3.90. The van der Waals surface area contributed by atoms with E-state index in [1.54, 1.807) is 24.3 Å². The van der Waals surface area contributed by atoms with E-state index in [2.05, 4.69) is 42.7 Å². The summed E-state index contributed by atoms with van der Waals surface area (Å²) in [5.41, 5.74) is 3.68. The van der Waals surface area contributed by atoms with Crippen molar-refractivity contribution >= 4 is 24.2 Å². The molecule has 30 heavy (non-hydrogen) atoms. The van der Waals surface area contributed by atoms with Gasteiger partial charge in [0.15, 0.2) is 0 Å². The first kappa shape index (κ1) is 23.9. The van der Waals surface area contributed by atoms with E-state index in [0.717, 1.165) is 38.9 Å². The van der Waals surface area contributed by atoms with Gasteiger partial charge < -0.3 is 15.5 Å². The molecule has 1 atom stereocenters. The van der Waals surface area contributed by atoms with Crippen LogP contribution in [-0.2, 0) is 6.42 Å². The molecule has 5 nitrogen and oxygen atoms in total. The molecule has 0 saturated carbocycles. The third-order valence-corrected chi connectivity index (χ3v) is 5.33. The number of carbonyl (C=O) groups excluding carboxylic acids is 2. The van der Waals surface area contributed by atoms with Gasteiger partial charge in [-0.2, -0.15) is 0 Å². The van der Waals surface area contributed by atoms with Crippen LogP contribution in [0.5, 0.6) is 0 Å². The molecule has 2 N–H and O–H groups in total. The summed E-state index contributed by atoms with van der Waals surface area (Å²) in [6.45, 7) is 7.03. The number of carbonyl (C=O) groups is 2. The van der Waals surface area contributed by atoms with Crippen LogP contribution in [-0.4, -0.2) is 42.9 Å². The summed E-state index contributed by atoms with van der Waals surface area (Å²) in [5.74, 6) is -0.159. The predicted molar refractivity (Wildman–Crippen MR) is 123 cm³/mol. The second kappa shape index (κ2) is 11.7. The van der Waals surface area contributed by atoms with Gasteiger partial charge in [0.05, 0.1) is 0 Å². The zero-order valence-electron chi connectivity index (χ0n) is 17.8. The standard InChI is InChI=1S/C24H31N3O2.ClH/c1-3-14-27(15-4-2)24(29)20-10-7-9-19(16-20)23(28)26-17-22-21-11-6-5-8-18(21)12-13-25-22;/h5-11,16,22,25H,3-4,12-15,17H2,1-2H3,(H,26,28);1H. The summed E-state index contributed by atoms with van der Waals surface area (Å²) in [4.78, 5) is 27.4. The molecule has 0 radical (unpaired) electrons. The van der Waals surface area contributed by atoms with Crippen LogP contribution in [0.15, 0.2) is 48.5 Å². The van der Waals surface area contributed by atoms with E-state index in [1.807, 2.05) is 11.0 Å². The van der Waals surface area contributed by atoms with Crippen molar-refractivity contribution in [3.05, 3.63) is 70.8 Å². The summed E-state index contributed by atoms with van der Waals surface area (Å²) in [5, 5.41) is 6.51. The predicted octanol–water partition coefficient (Wildman–Crippen LogP) is 3.99. The number of halogens is 1. The minimum absolute atomic E-state index is 0. The van der Waals surface area contributed by atoms with Crippen LogP contribution in [0.1, 0.15) is 64.6 Å². The first-order valence-electron chi connectivity index (χ1n) is 10.6. The number of hydrogen-bond donors (Lipinski definition) is 2. The molecule has 0 saturated heterocycles. The number of rotatable bonds is 8. The lowest BCUT2D eigenvalue weighted by Crippen LogP contribution is -2.39. The van der Waals surface area contributed by atoms with Crippen molar-refractivity contribution in [2.75, 3.05) is 26.2 Å². The first-order chi connectivity index (χ1) is 14.1. The quantitative estimate of drug-likeness (QED) is 0.667. The van der Waals surface area contributed by atoms with Gasteiger partial charge >= 0.3 is 0 Å². The SMILES string of the molecule is CCCN(CCC)C(=O)c1cccc(C(=O)NCC2NCCc3ccccc32)c1.Cl. The molecule has 0 aromatic heterocycles. The Balaban J connectivity index is 0.00000320. The molecule has 6 heteroatoms. The summed E-state index contributed by atoms with van der Waals surface area (Å²) >= 11 is 0. The maximum atomic E-state index is 12.8. The van der Waals surface area contributed by atoms with Crippen LogP contribution in [0.25, 0.3) is 0 Å². The van der Waals surface area contributed by atoms with Crippen molar-refractivity contribution < 1.29 is 9.59 Å². The molecule has 1 aliphatic heterocycles. The highest BCUT2D eigenvalue weighted by Crippen LogP contribution is 2.22. The number of fused-ring (bicyclic) bond motifs is 1. The van der Waals surface area contributed by atoms with Gasteiger partial charge in [0, 0.05) is 36.8 Å². The smallest absolute Gasteiger partial charge is 0.253 e. The summed E-state index contributed by atoms with van der Waals surface area (Å²) in [6.07, 6.45) is 2.85. The zero-order valence-corrected chi connectivity index (χ0v) is 18.6. The van der Waals surface area contributed by atoms with E-state index >= 15 is 0 Å². The number of hydrogen-bond acceptors (Lipinski definition) is 3. The van der Waals surface area contributed by atoms with Crippen molar-refractivity contribution in [2.45, 2.75) is 39.2 Å². The summed E-state index contributed by atoms with van der Waals surface area (Å²) in [6, 6.07) is 15.5. The van der Waals surface area contributed by atoms with Crippen LogP contribution in [0.4, 0.5) is 0 Å². The lowest BCUT2D eigenvalue weighted by Gasteiger charge is -2.27. The lowest BCUT2D eigenvalue weighted by atomic mass is 9.94. The Morgan fingerprint density at radius 3 is 2.47 bits per heavy atom. The van der Waals surface area contributed by atoms with Crippen molar-refractivity contribution in [1.29, 1.82) is 0 Å². The van der Waals surface area contributed by atoms with Crippen LogP contribution in [0.2, 0.25) is 0 Å². The molecule has 3 rings (SSSR count). The normalized spacial score (nSPS) is 14.9. The van der Waals surface area contributed by atoms with E-state index in [9.17, 15) is 9.59 Å². The van der Waals surface area contributed by atoms with Crippen LogP contribution in [0.3, 0.4) is 0 Å². The topological polar surface area (TPSA) is 61.4 Å². The van der Waals surface area contributed by atoms with Gasteiger partial charge in [-0.1, -0.05) is 44.2 Å². The summed E-state index contributed by atoms with van der Waals surface area (Å²) in [7, 11) is 0. The van der Waals surface area contributed by atoms with Crippen molar-refractivity contribution in [3.63, 3.8) is 0 Å². The highest BCUT2D eigenvalue weighted by molar-refractivity contribution is 5.99. The Hall–Kier alpha value is -2.37. The number of amides is 2. The van der Waals surface area contributed by atoms with Gasteiger partial charge in [-0.05, 0) is 55.1 Å². The molecule has 1 aliphatic rings. The third-order valence-electron chi connectivity index (χ3n) is 5.33. The third kappa shape index (κ3) is 5.83. The van der Waals surface area contributed by atoms with Crippen molar-refractivity contribution in [2.24, 2.45) is 0 Å². The Bertz CT molecular complexity index is 850. The number of nitrogens with one attached hydrogen (secondary N) is 2. The Kier molecular flexibility index (Phi) is 9.34. The van der Waals surface area contributed by atoms with E-state index < -0.39 is 0 Å².